The van der Waals surface area contributed by atoms with Crippen molar-refractivity contribution in [1.82, 2.24) is 0 Å². The van der Waals surface area contributed by atoms with Gasteiger partial charge in [-0.25, -0.2) is 0 Å². The molecule has 0 bridgehead atoms. The van der Waals surface area contributed by atoms with Crippen molar-refractivity contribution >= 4 is 11.9 Å². The number of hydrogen-bond donors (Lipinski definition) is 2. The number of hydrogen-bond acceptors (Lipinski definition) is 6. The zero-order valence-corrected chi connectivity index (χ0v) is 25.7. The van der Waals surface area contributed by atoms with E-state index in [1.807, 2.05) is 6.92 Å². The lowest BCUT2D eigenvalue weighted by atomic mass is 9.33. The summed E-state index contributed by atoms with van der Waals surface area (Å²) in [6.45, 7) is 17.0. The van der Waals surface area contributed by atoms with Crippen molar-refractivity contribution < 1.29 is 29.3 Å². The van der Waals surface area contributed by atoms with Crippen molar-refractivity contribution in [3.8, 4) is 0 Å². The molecule has 39 heavy (non-hydrogen) atoms. The van der Waals surface area contributed by atoms with Gasteiger partial charge in [0.25, 0.3) is 0 Å². The van der Waals surface area contributed by atoms with E-state index in [4.69, 9.17) is 9.47 Å². The van der Waals surface area contributed by atoms with Gasteiger partial charge in [0.05, 0.1) is 24.2 Å². The highest BCUT2D eigenvalue weighted by atomic mass is 16.6. The van der Waals surface area contributed by atoms with Gasteiger partial charge in [-0.3, -0.25) is 9.59 Å². The van der Waals surface area contributed by atoms with Crippen LogP contribution in [0.15, 0.2) is 11.6 Å². The normalized spacial score (nSPS) is 52.2. The third-order valence-electron chi connectivity index (χ3n) is 13.9. The summed E-state index contributed by atoms with van der Waals surface area (Å²) < 4.78 is 11.2. The maximum absolute atomic E-state index is 13.5. The summed E-state index contributed by atoms with van der Waals surface area (Å²) in [6, 6.07) is 0. The summed E-state index contributed by atoms with van der Waals surface area (Å²) in [7, 11) is 1.49. The molecule has 0 heterocycles. The quantitative estimate of drug-likeness (QED) is 0.335. The van der Waals surface area contributed by atoms with E-state index in [1.165, 1.54) is 19.6 Å². The van der Waals surface area contributed by atoms with Crippen LogP contribution in [0.1, 0.15) is 107 Å². The summed E-state index contributed by atoms with van der Waals surface area (Å²) in [6.07, 6.45) is 7.94. The SMILES string of the molecule is COC(=O)C12CCC(C)C(C)(O)C1C1=CCC3C4(C)CC(OC(C)=O)C(O)C(C)(C)C4CCC3(C)C1(C)CC2. The molecule has 5 aliphatic rings. The van der Waals surface area contributed by atoms with Crippen molar-refractivity contribution in [2.45, 2.75) is 125 Å². The number of allylic oxidation sites excluding steroid dienone is 1. The largest absolute Gasteiger partial charge is 0.469 e. The highest BCUT2D eigenvalue weighted by molar-refractivity contribution is 5.79. The molecule has 220 valence electrons. The van der Waals surface area contributed by atoms with Gasteiger partial charge < -0.3 is 19.7 Å². The number of aliphatic hydroxyl groups is 2. The van der Waals surface area contributed by atoms with Gasteiger partial charge in [0.2, 0.25) is 0 Å². The highest BCUT2D eigenvalue weighted by Gasteiger charge is 2.72. The number of esters is 2. The number of fused-ring (bicyclic) bond motifs is 7. The van der Waals surface area contributed by atoms with Crippen molar-refractivity contribution in [2.75, 3.05) is 7.11 Å². The van der Waals surface area contributed by atoms with Gasteiger partial charge in [-0.15, -0.1) is 0 Å². The van der Waals surface area contributed by atoms with Crippen LogP contribution in [0.5, 0.6) is 0 Å². The molecular formula is C33H52O6. The van der Waals surface area contributed by atoms with Crippen LogP contribution in [0.2, 0.25) is 0 Å². The third-order valence-corrected chi connectivity index (χ3v) is 13.9. The van der Waals surface area contributed by atoms with Gasteiger partial charge in [0.1, 0.15) is 6.10 Å². The molecular weight excluding hydrogens is 492 g/mol. The minimum atomic E-state index is -0.998. The average Bonchev–Trinajstić information content (AvgIpc) is 2.84. The molecule has 0 aliphatic heterocycles. The summed E-state index contributed by atoms with van der Waals surface area (Å²) in [5, 5.41) is 23.5. The fourth-order valence-corrected chi connectivity index (χ4v) is 11.5. The van der Waals surface area contributed by atoms with Crippen LogP contribution >= 0.6 is 0 Å². The van der Waals surface area contributed by atoms with Crippen LogP contribution in [0.4, 0.5) is 0 Å². The second-order valence-corrected chi connectivity index (χ2v) is 15.7. The monoisotopic (exact) mass is 544 g/mol. The van der Waals surface area contributed by atoms with Gasteiger partial charge in [0, 0.05) is 12.8 Å². The smallest absolute Gasteiger partial charge is 0.312 e. The van der Waals surface area contributed by atoms with Crippen molar-refractivity contribution in [2.24, 2.45) is 50.7 Å². The highest BCUT2D eigenvalue weighted by Crippen LogP contribution is 2.76. The molecule has 0 saturated heterocycles. The Morgan fingerprint density at radius 1 is 0.974 bits per heavy atom. The van der Waals surface area contributed by atoms with Crippen LogP contribution < -0.4 is 0 Å². The van der Waals surface area contributed by atoms with E-state index >= 15 is 0 Å². The first kappa shape index (κ1) is 29.1. The number of ether oxygens (including phenoxy) is 2. The first-order valence-corrected chi connectivity index (χ1v) is 15.3. The zero-order valence-electron chi connectivity index (χ0n) is 25.7. The van der Waals surface area contributed by atoms with Crippen LogP contribution in [0, 0.1) is 50.7 Å². The Bertz CT molecular complexity index is 1080. The van der Waals surface area contributed by atoms with E-state index < -0.39 is 23.2 Å². The molecule has 0 aromatic heterocycles. The van der Waals surface area contributed by atoms with E-state index in [0.29, 0.717) is 18.3 Å². The fraction of sp³-hybridized carbons (Fsp3) is 0.879. The second kappa shape index (κ2) is 8.80. The molecule has 0 aromatic carbocycles. The molecule has 2 N–H and O–H groups in total. The van der Waals surface area contributed by atoms with Crippen LogP contribution in [0.3, 0.4) is 0 Å². The molecule has 11 unspecified atom stereocenters. The van der Waals surface area contributed by atoms with Gasteiger partial charge in [-0.05, 0) is 97.7 Å². The predicted molar refractivity (Wildman–Crippen MR) is 149 cm³/mol. The topological polar surface area (TPSA) is 93.1 Å². The predicted octanol–water partition coefficient (Wildman–Crippen LogP) is 5.83. The summed E-state index contributed by atoms with van der Waals surface area (Å²) in [4.78, 5) is 25.5. The van der Waals surface area contributed by atoms with E-state index in [2.05, 4.69) is 47.6 Å². The molecule has 0 aromatic rings. The minimum absolute atomic E-state index is 0.0550. The van der Waals surface area contributed by atoms with Crippen molar-refractivity contribution in [3.63, 3.8) is 0 Å². The number of rotatable bonds is 2. The van der Waals surface area contributed by atoms with E-state index in [-0.39, 0.29) is 45.4 Å². The molecule has 4 fully saturated rings. The van der Waals surface area contributed by atoms with Crippen LogP contribution in [-0.4, -0.2) is 47.1 Å². The van der Waals surface area contributed by atoms with Crippen molar-refractivity contribution in [1.29, 1.82) is 0 Å². The Hall–Kier alpha value is -1.40. The molecule has 4 saturated carbocycles. The maximum Gasteiger partial charge on any atom is 0.312 e. The number of carbonyl (C=O) groups is 2. The van der Waals surface area contributed by atoms with Gasteiger partial charge in [-0.1, -0.05) is 53.2 Å². The Morgan fingerprint density at radius 3 is 2.26 bits per heavy atom. The van der Waals surface area contributed by atoms with E-state index in [9.17, 15) is 19.8 Å². The standard InChI is InChI=1S/C33H52O6/c1-19-12-15-33(27(36)38-9)17-16-30(6)21(25(33)32(19,8)37)10-11-24-29(5)18-22(39-20(2)34)26(35)28(3,4)23(29)13-14-31(24,30)7/h10,19,22-26,35,37H,11-18H2,1-9H3. The second-order valence-electron chi connectivity index (χ2n) is 15.7. The summed E-state index contributed by atoms with van der Waals surface area (Å²) >= 11 is 0. The number of methoxy groups -OCH3 is 1. The minimum Gasteiger partial charge on any atom is -0.469 e. The third kappa shape index (κ3) is 3.58. The zero-order chi connectivity index (χ0) is 29.0. The lowest BCUT2D eigenvalue weighted by Crippen LogP contribution is -2.69. The molecule has 0 spiro atoms. The summed E-state index contributed by atoms with van der Waals surface area (Å²) in [5.41, 5.74) is -1.15. The Kier molecular flexibility index (Phi) is 6.57. The Labute approximate surface area is 235 Å². The number of carbonyl (C=O) groups excluding carboxylic acids is 2. The van der Waals surface area contributed by atoms with Crippen LogP contribution in [-0.2, 0) is 19.1 Å². The lowest BCUT2D eigenvalue weighted by Gasteiger charge is -2.72. The first-order chi connectivity index (χ1) is 17.9. The van der Waals surface area contributed by atoms with Gasteiger partial charge in [-0.2, -0.15) is 0 Å². The number of aliphatic hydroxyl groups excluding tert-OH is 1. The van der Waals surface area contributed by atoms with Gasteiger partial charge >= 0.3 is 11.9 Å². The molecule has 6 heteroatoms. The molecule has 0 radical (unpaired) electrons. The Balaban J connectivity index is 1.63. The van der Waals surface area contributed by atoms with E-state index in [1.54, 1.807) is 0 Å². The first-order valence-electron chi connectivity index (χ1n) is 15.3. The van der Waals surface area contributed by atoms with Crippen LogP contribution in [0.25, 0.3) is 0 Å². The molecule has 5 aliphatic carbocycles. The molecule has 5 rings (SSSR count). The van der Waals surface area contributed by atoms with Gasteiger partial charge in [0.15, 0.2) is 0 Å². The Morgan fingerprint density at radius 2 is 1.64 bits per heavy atom. The molecule has 11 atom stereocenters. The van der Waals surface area contributed by atoms with Crippen molar-refractivity contribution in [3.05, 3.63) is 11.6 Å². The fourth-order valence-electron chi connectivity index (χ4n) is 11.5. The maximum atomic E-state index is 13.5. The van der Waals surface area contributed by atoms with E-state index in [0.717, 1.165) is 44.9 Å². The molecule has 6 nitrogen and oxygen atoms in total. The summed E-state index contributed by atoms with van der Waals surface area (Å²) in [5.74, 6) is -0.0434. The lowest BCUT2D eigenvalue weighted by molar-refractivity contribution is -0.241. The molecule has 0 amide bonds. The average molecular weight is 545 g/mol.